The molecule has 148 valence electrons. The van der Waals surface area contributed by atoms with Crippen molar-refractivity contribution in [3.05, 3.63) is 48.2 Å². The summed E-state index contributed by atoms with van der Waals surface area (Å²) in [4.78, 5) is 21.0. The Morgan fingerprint density at radius 2 is 1.86 bits per heavy atom. The fourth-order valence-corrected chi connectivity index (χ4v) is 3.39. The number of rotatable bonds is 7. The quantitative estimate of drug-likeness (QED) is 0.489. The lowest BCUT2D eigenvalue weighted by molar-refractivity contribution is -0.141. The first-order valence-electron chi connectivity index (χ1n) is 9.71. The first kappa shape index (κ1) is 18.8. The molecule has 8 nitrogen and oxygen atoms in total. The van der Waals surface area contributed by atoms with E-state index in [1.807, 2.05) is 49.4 Å². The van der Waals surface area contributed by atoms with Gasteiger partial charge in [0.05, 0.1) is 22.2 Å². The van der Waals surface area contributed by atoms with E-state index in [4.69, 9.17) is 9.97 Å². The van der Waals surface area contributed by atoms with E-state index in [-0.39, 0.29) is 0 Å². The van der Waals surface area contributed by atoms with Gasteiger partial charge in [0.2, 0.25) is 0 Å². The van der Waals surface area contributed by atoms with Crippen molar-refractivity contribution in [2.75, 3.05) is 5.32 Å². The lowest BCUT2D eigenvalue weighted by Gasteiger charge is -2.12. The van der Waals surface area contributed by atoms with Crippen LogP contribution in [0, 0.1) is 0 Å². The number of carbonyl (C=O) groups is 1. The number of carboxylic acids is 1. The third kappa shape index (κ3) is 3.61. The van der Waals surface area contributed by atoms with Crippen molar-refractivity contribution in [3.8, 4) is 0 Å². The van der Waals surface area contributed by atoms with Crippen molar-refractivity contribution in [2.24, 2.45) is 0 Å². The predicted molar refractivity (Wildman–Crippen MR) is 111 cm³/mol. The van der Waals surface area contributed by atoms with Crippen LogP contribution in [0.4, 0.5) is 11.5 Å². The molecular weight excluding hydrogens is 368 g/mol. The molecule has 1 atom stereocenters. The molecule has 8 heteroatoms. The van der Waals surface area contributed by atoms with Crippen LogP contribution < -0.4 is 5.32 Å². The minimum absolute atomic E-state index is 0.431. The van der Waals surface area contributed by atoms with Gasteiger partial charge in [0.15, 0.2) is 11.9 Å². The molecule has 0 bridgehead atoms. The second kappa shape index (κ2) is 7.83. The van der Waals surface area contributed by atoms with Gasteiger partial charge in [0.25, 0.3) is 0 Å². The average molecular weight is 390 g/mol. The lowest BCUT2D eigenvalue weighted by Crippen LogP contribution is -2.19. The Balaban J connectivity index is 1.71. The molecule has 2 N–H and O–H groups in total. The molecule has 0 aliphatic carbocycles. The summed E-state index contributed by atoms with van der Waals surface area (Å²) in [7, 11) is 0. The lowest BCUT2D eigenvalue weighted by atomic mass is 10.2. The highest BCUT2D eigenvalue weighted by molar-refractivity contribution is 5.83. The number of hydrogen-bond donors (Lipinski definition) is 2. The number of nitrogens with one attached hydrogen (secondary N) is 1. The molecule has 0 aliphatic heterocycles. The van der Waals surface area contributed by atoms with Gasteiger partial charge in [0, 0.05) is 5.69 Å². The molecule has 29 heavy (non-hydrogen) atoms. The largest absolute Gasteiger partial charge is 0.480 e. The number of aryl methyl sites for hydroxylation is 1. The smallest absolute Gasteiger partial charge is 0.328 e. The van der Waals surface area contributed by atoms with Crippen molar-refractivity contribution in [1.29, 1.82) is 0 Å². The predicted octanol–water partition coefficient (Wildman–Crippen LogP) is 4.11. The van der Waals surface area contributed by atoms with Crippen molar-refractivity contribution in [2.45, 2.75) is 39.2 Å². The molecule has 2 aromatic heterocycles. The summed E-state index contributed by atoms with van der Waals surface area (Å²) in [6.45, 7) is 3.92. The SMILES string of the molecule is CCCc1nc2ccccc2nc1Nc1ccc2c(c1)nnn2C(CC)C(=O)O. The number of fused-ring (bicyclic) bond motifs is 2. The van der Waals surface area contributed by atoms with E-state index in [1.165, 1.54) is 4.68 Å². The van der Waals surface area contributed by atoms with Crippen LogP contribution in [0.15, 0.2) is 42.5 Å². The van der Waals surface area contributed by atoms with Gasteiger partial charge >= 0.3 is 5.97 Å². The second-order valence-corrected chi connectivity index (χ2v) is 6.88. The van der Waals surface area contributed by atoms with Crippen molar-refractivity contribution < 1.29 is 9.90 Å². The molecule has 0 saturated carbocycles. The standard InChI is InChI=1S/C21H22N6O2/c1-3-7-16-20(24-15-9-6-5-8-14(15)23-16)22-13-10-11-19-17(12-13)25-26-27(19)18(4-2)21(28)29/h5-6,8-12,18H,3-4,7H2,1-2H3,(H,22,24)(H,28,29). The highest BCUT2D eigenvalue weighted by Crippen LogP contribution is 2.26. The molecule has 4 aromatic rings. The molecule has 2 heterocycles. The zero-order valence-corrected chi connectivity index (χ0v) is 16.3. The highest BCUT2D eigenvalue weighted by Gasteiger charge is 2.21. The summed E-state index contributed by atoms with van der Waals surface area (Å²) in [6.07, 6.45) is 2.21. The summed E-state index contributed by atoms with van der Waals surface area (Å²) < 4.78 is 1.46. The Kier molecular flexibility index (Phi) is 5.07. The highest BCUT2D eigenvalue weighted by atomic mass is 16.4. The molecular formula is C21H22N6O2. The van der Waals surface area contributed by atoms with E-state index in [0.717, 1.165) is 35.3 Å². The van der Waals surface area contributed by atoms with Crippen molar-refractivity contribution in [1.82, 2.24) is 25.0 Å². The van der Waals surface area contributed by atoms with Gasteiger partial charge < -0.3 is 10.4 Å². The maximum atomic E-state index is 11.5. The first-order valence-corrected chi connectivity index (χ1v) is 9.71. The summed E-state index contributed by atoms with van der Waals surface area (Å²) in [5, 5.41) is 21.0. The zero-order valence-electron chi connectivity index (χ0n) is 16.3. The van der Waals surface area contributed by atoms with E-state index in [2.05, 4.69) is 22.6 Å². The number of aliphatic carboxylic acids is 1. The summed E-state index contributed by atoms with van der Waals surface area (Å²) >= 11 is 0. The third-order valence-corrected chi connectivity index (χ3v) is 4.83. The van der Waals surface area contributed by atoms with Crippen molar-refractivity contribution >= 4 is 39.5 Å². The number of para-hydroxylation sites is 2. The molecule has 0 radical (unpaired) electrons. The maximum Gasteiger partial charge on any atom is 0.328 e. The van der Waals surface area contributed by atoms with Crippen LogP contribution >= 0.6 is 0 Å². The Morgan fingerprint density at radius 1 is 1.10 bits per heavy atom. The summed E-state index contributed by atoms with van der Waals surface area (Å²) in [5.74, 6) is -0.202. The molecule has 4 rings (SSSR count). The normalized spacial score (nSPS) is 12.3. The summed E-state index contributed by atoms with van der Waals surface area (Å²) in [5.41, 5.74) is 4.72. The first-order chi connectivity index (χ1) is 14.1. The number of benzene rings is 2. The summed E-state index contributed by atoms with van der Waals surface area (Å²) in [6, 6.07) is 12.6. The molecule has 0 aliphatic rings. The number of nitrogens with zero attached hydrogens (tertiary/aromatic N) is 5. The molecule has 0 amide bonds. The van der Waals surface area contributed by atoms with Gasteiger partial charge in [-0.15, -0.1) is 5.10 Å². The van der Waals surface area contributed by atoms with Gasteiger partial charge in [-0.3, -0.25) is 0 Å². The van der Waals surface area contributed by atoms with Gasteiger partial charge in [-0.05, 0) is 43.2 Å². The Hall–Kier alpha value is -3.55. The Morgan fingerprint density at radius 3 is 2.55 bits per heavy atom. The topological polar surface area (TPSA) is 106 Å². The Labute approximate surface area is 167 Å². The van der Waals surface area contributed by atoms with Gasteiger partial charge in [0.1, 0.15) is 5.52 Å². The molecule has 2 aromatic carbocycles. The van der Waals surface area contributed by atoms with Crippen LogP contribution in [0.3, 0.4) is 0 Å². The number of anilines is 2. The van der Waals surface area contributed by atoms with Crippen LogP contribution in [0.1, 0.15) is 38.4 Å². The van der Waals surface area contributed by atoms with Gasteiger partial charge in [-0.2, -0.15) is 0 Å². The minimum atomic E-state index is -0.919. The fraction of sp³-hybridized carbons (Fsp3) is 0.286. The second-order valence-electron chi connectivity index (χ2n) is 6.88. The van der Waals surface area contributed by atoms with E-state index >= 15 is 0 Å². The average Bonchev–Trinajstić information content (AvgIpc) is 3.12. The monoisotopic (exact) mass is 390 g/mol. The third-order valence-electron chi connectivity index (χ3n) is 4.83. The van der Waals surface area contributed by atoms with Gasteiger partial charge in [-0.1, -0.05) is 37.6 Å². The van der Waals surface area contributed by atoms with E-state index < -0.39 is 12.0 Å². The minimum Gasteiger partial charge on any atom is -0.480 e. The van der Waals surface area contributed by atoms with Gasteiger partial charge in [-0.25, -0.2) is 19.4 Å². The number of hydrogen-bond acceptors (Lipinski definition) is 6. The van der Waals surface area contributed by atoms with E-state index in [0.29, 0.717) is 23.3 Å². The van der Waals surface area contributed by atoms with Crippen LogP contribution in [0.25, 0.3) is 22.1 Å². The van der Waals surface area contributed by atoms with E-state index in [1.54, 1.807) is 0 Å². The fourth-order valence-electron chi connectivity index (χ4n) is 3.39. The molecule has 0 fully saturated rings. The maximum absolute atomic E-state index is 11.5. The van der Waals surface area contributed by atoms with Crippen LogP contribution in [0.2, 0.25) is 0 Å². The Bertz CT molecular complexity index is 1190. The molecule has 0 saturated heterocycles. The van der Waals surface area contributed by atoms with Crippen LogP contribution in [-0.4, -0.2) is 36.0 Å². The van der Waals surface area contributed by atoms with E-state index in [9.17, 15) is 9.90 Å². The molecule has 1 unspecified atom stereocenters. The number of aromatic nitrogens is 5. The van der Waals surface area contributed by atoms with Crippen molar-refractivity contribution in [3.63, 3.8) is 0 Å². The number of carboxylic acid groups (broad SMARTS) is 1. The van der Waals surface area contributed by atoms with Crippen LogP contribution in [-0.2, 0) is 11.2 Å². The van der Waals surface area contributed by atoms with Crippen LogP contribution in [0.5, 0.6) is 0 Å². The zero-order chi connectivity index (χ0) is 20.4. The molecule has 0 spiro atoms.